The summed E-state index contributed by atoms with van der Waals surface area (Å²) < 4.78 is 46.9. The van der Waals surface area contributed by atoms with Gasteiger partial charge in [0.05, 0.1) is 19.8 Å². The number of rotatable bonds is 11. The van der Waals surface area contributed by atoms with Gasteiger partial charge in [0.15, 0.2) is 5.82 Å². The lowest BCUT2D eigenvalue weighted by Crippen LogP contribution is -2.30. The number of imidazole rings is 1. The highest BCUT2D eigenvalue weighted by atomic mass is 35.5. The molecule has 0 bridgehead atoms. The zero-order valence-corrected chi connectivity index (χ0v) is 18.9. The van der Waals surface area contributed by atoms with Crippen LogP contribution < -0.4 is 20.7 Å². The van der Waals surface area contributed by atoms with Crippen LogP contribution in [0.15, 0.2) is 41.0 Å². The van der Waals surface area contributed by atoms with Crippen molar-refractivity contribution in [3.8, 4) is 5.75 Å². The summed E-state index contributed by atoms with van der Waals surface area (Å²) in [5.41, 5.74) is 0.184. The molecule has 1 aromatic carbocycles. The Labute approximate surface area is 201 Å². The molecule has 10 nitrogen and oxygen atoms in total. The Hall–Kier alpha value is -3.00. The minimum atomic E-state index is -4.83. The second kappa shape index (κ2) is 13.0. The summed E-state index contributed by atoms with van der Waals surface area (Å²) in [6, 6.07) is 3.73. The zero-order valence-electron chi connectivity index (χ0n) is 17.4. The van der Waals surface area contributed by atoms with Crippen LogP contribution in [0, 0.1) is 0 Å². The number of urea groups is 1. The molecule has 0 aliphatic rings. The fraction of sp³-hybridized carbons (Fsp3) is 0.316. The number of carbonyl (C=O) groups is 2. The van der Waals surface area contributed by atoms with Gasteiger partial charge in [0.25, 0.3) is 5.91 Å². The summed E-state index contributed by atoms with van der Waals surface area (Å²) in [4.78, 5) is 28.8. The molecule has 15 heteroatoms. The number of allylic oxidation sites excluding steroid dienone is 1. The molecule has 2 aromatic rings. The Morgan fingerprint density at radius 2 is 1.85 bits per heavy atom. The molecule has 0 radical (unpaired) electrons. The molecule has 2 rings (SSSR count). The van der Waals surface area contributed by atoms with Gasteiger partial charge in [-0.3, -0.25) is 10.1 Å². The molecule has 0 unspecified atom stereocenters. The number of nitrogens with zero attached hydrogens (tertiary/aromatic N) is 2. The Kier molecular flexibility index (Phi) is 10.4. The predicted octanol–water partition coefficient (Wildman–Crippen LogP) is 3.48. The van der Waals surface area contributed by atoms with Gasteiger partial charge in [0.2, 0.25) is 5.82 Å². The van der Waals surface area contributed by atoms with Crippen LogP contribution in [0.1, 0.15) is 10.6 Å². The molecule has 0 atom stereocenters. The van der Waals surface area contributed by atoms with E-state index in [2.05, 4.69) is 25.7 Å². The van der Waals surface area contributed by atoms with Crippen LogP contribution in [0.25, 0.3) is 0 Å². The highest BCUT2D eigenvalue weighted by Gasteiger charge is 2.31. The Morgan fingerprint density at radius 1 is 1.15 bits per heavy atom. The fourth-order valence-corrected chi connectivity index (χ4v) is 2.60. The van der Waals surface area contributed by atoms with Crippen LogP contribution in [-0.2, 0) is 11.3 Å². The summed E-state index contributed by atoms with van der Waals surface area (Å²) in [5.74, 6) is -1.06. The normalized spacial score (nSPS) is 11.0. The van der Waals surface area contributed by atoms with E-state index in [-0.39, 0.29) is 54.7 Å². The molecule has 1 heterocycles. The highest BCUT2D eigenvalue weighted by molar-refractivity contribution is 6.55. The lowest BCUT2D eigenvalue weighted by Gasteiger charge is -2.10. The molecule has 0 spiro atoms. The molecule has 0 saturated carbocycles. The quantitative estimate of drug-likeness (QED) is 0.332. The molecular weight excluding hydrogens is 506 g/mol. The first-order valence-corrected chi connectivity index (χ1v) is 10.3. The first-order chi connectivity index (χ1) is 16.1. The highest BCUT2D eigenvalue weighted by Crippen LogP contribution is 2.24. The number of aromatic nitrogens is 2. The van der Waals surface area contributed by atoms with Crippen molar-refractivity contribution < 1.29 is 37.3 Å². The van der Waals surface area contributed by atoms with Crippen molar-refractivity contribution in [1.82, 2.24) is 14.9 Å². The lowest BCUT2D eigenvalue weighted by molar-refractivity contribution is -0.274. The number of benzene rings is 1. The minimum absolute atomic E-state index is 0.00954. The van der Waals surface area contributed by atoms with Crippen LogP contribution in [-0.4, -0.2) is 59.3 Å². The van der Waals surface area contributed by atoms with Crippen molar-refractivity contribution in [2.75, 3.05) is 37.0 Å². The van der Waals surface area contributed by atoms with Crippen LogP contribution in [0.3, 0.4) is 0 Å². The largest absolute Gasteiger partial charge is 0.573 e. The van der Waals surface area contributed by atoms with Crippen molar-refractivity contribution in [1.29, 1.82) is 0 Å². The number of hydrogen-bond acceptors (Lipinski definition) is 6. The third kappa shape index (κ3) is 9.87. The average molecular weight is 526 g/mol. The SMILES string of the molecule is O=C(Nc1ccc(OC(F)(F)F)cc1)Nc1cn(CC=C(Cl)Cl)c(C(=O)NCCOCCO)n1. The molecular formula is C19H20Cl2F3N5O5. The van der Waals surface area contributed by atoms with E-state index in [0.29, 0.717) is 0 Å². The van der Waals surface area contributed by atoms with Gasteiger partial charge >= 0.3 is 12.4 Å². The van der Waals surface area contributed by atoms with Gasteiger partial charge in [-0.05, 0) is 30.3 Å². The Balaban J connectivity index is 2.03. The summed E-state index contributed by atoms with van der Waals surface area (Å²) in [7, 11) is 0. The maximum atomic E-state index is 12.5. The van der Waals surface area contributed by atoms with Gasteiger partial charge in [-0.25, -0.2) is 9.78 Å². The first kappa shape index (κ1) is 27.2. The number of hydrogen-bond donors (Lipinski definition) is 4. The summed E-state index contributed by atoms with van der Waals surface area (Å²) in [6.07, 6.45) is -2.06. The van der Waals surface area contributed by atoms with Crippen molar-refractivity contribution in [3.63, 3.8) is 0 Å². The molecule has 1 aromatic heterocycles. The predicted molar refractivity (Wildman–Crippen MR) is 118 cm³/mol. The van der Waals surface area contributed by atoms with Gasteiger partial charge in [-0.1, -0.05) is 23.2 Å². The van der Waals surface area contributed by atoms with Crippen LogP contribution >= 0.6 is 23.2 Å². The fourth-order valence-electron chi connectivity index (χ4n) is 2.46. The molecule has 0 aliphatic heterocycles. The first-order valence-electron chi connectivity index (χ1n) is 9.56. The third-order valence-electron chi connectivity index (χ3n) is 3.78. The van der Waals surface area contributed by atoms with Gasteiger partial charge in [-0.15, -0.1) is 13.2 Å². The number of aliphatic hydroxyl groups excluding tert-OH is 1. The number of halogens is 5. The number of ether oxygens (including phenoxy) is 2. The number of aliphatic hydroxyl groups is 1. The monoisotopic (exact) mass is 525 g/mol. The smallest absolute Gasteiger partial charge is 0.406 e. The molecule has 0 fully saturated rings. The van der Waals surface area contributed by atoms with Crippen molar-refractivity contribution in [2.45, 2.75) is 12.9 Å². The number of nitrogens with one attached hydrogen (secondary N) is 3. The van der Waals surface area contributed by atoms with Crippen LogP contribution in [0.2, 0.25) is 0 Å². The van der Waals surface area contributed by atoms with Crippen molar-refractivity contribution in [2.24, 2.45) is 0 Å². The number of alkyl halides is 3. The minimum Gasteiger partial charge on any atom is -0.406 e. The van der Waals surface area contributed by atoms with Gasteiger partial charge < -0.3 is 29.8 Å². The molecule has 0 saturated heterocycles. The van der Waals surface area contributed by atoms with Crippen molar-refractivity contribution in [3.05, 3.63) is 46.9 Å². The van der Waals surface area contributed by atoms with Gasteiger partial charge in [0, 0.05) is 25.0 Å². The number of anilines is 2. The van der Waals surface area contributed by atoms with Crippen LogP contribution in [0.5, 0.6) is 5.75 Å². The van der Waals surface area contributed by atoms with Crippen molar-refractivity contribution >= 4 is 46.6 Å². The van der Waals surface area contributed by atoms with E-state index in [1.807, 2.05) is 0 Å². The van der Waals surface area contributed by atoms with Gasteiger partial charge in [0.1, 0.15) is 10.2 Å². The number of amides is 3. The molecule has 186 valence electrons. The van der Waals surface area contributed by atoms with E-state index in [0.717, 1.165) is 12.1 Å². The second-order valence-electron chi connectivity index (χ2n) is 6.34. The molecule has 34 heavy (non-hydrogen) atoms. The number of carbonyl (C=O) groups excluding carboxylic acids is 2. The Morgan fingerprint density at radius 3 is 2.47 bits per heavy atom. The molecule has 3 amide bonds. The maximum Gasteiger partial charge on any atom is 0.573 e. The van der Waals surface area contributed by atoms with E-state index in [1.165, 1.54) is 29.0 Å². The average Bonchev–Trinajstić information content (AvgIpc) is 3.15. The standard InChI is InChI=1S/C19H20Cl2F3N5O5/c20-14(21)5-7-29-11-15(27-16(29)17(31)25-6-9-33-10-8-30)28-18(32)26-12-1-3-13(4-2-12)34-19(22,23)24/h1-5,11,30H,6-10H2,(H,25,31)(H2,26,28,32). The van der Waals surface area contributed by atoms with E-state index < -0.39 is 24.1 Å². The second-order valence-corrected chi connectivity index (χ2v) is 7.35. The lowest BCUT2D eigenvalue weighted by atomic mass is 10.3. The summed E-state index contributed by atoms with van der Waals surface area (Å²) in [5, 5.41) is 16.1. The van der Waals surface area contributed by atoms with Gasteiger partial charge in [-0.2, -0.15) is 0 Å². The van der Waals surface area contributed by atoms with E-state index in [1.54, 1.807) is 0 Å². The van der Waals surface area contributed by atoms with E-state index in [4.69, 9.17) is 33.0 Å². The molecule has 0 aliphatic carbocycles. The van der Waals surface area contributed by atoms with E-state index in [9.17, 15) is 22.8 Å². The maximum absolute atomic E-state index is 12.5. The summed E-state index contributed by atoms with van der Waals surface area (Å²) >= 11 is 11.2. The van der Waals surface area contributed by atoms with E-state index >= 15 is 0 Å². The third-order valence-corrected chi connectivity index (χ3v) is 4.09. The molecule has 4 N–H and O–H groups in total. The zero-order chi connectivity index (χ0) is 25.1. The Bertz CT molecular complexity index is 995. The van der Waals surface area contributed by atoms with Crippen LogP contribution in [0.4, 0.5) is 29.5 Å². The summed E-state index contributed by atoms with van der Waals surface area (Å²) in [6.45, 7) is 0.371. The topological polar surface area (TPSA) is 127 Å².